The molecule has 1 aromatic rings. The fourth-order valence-electron chi connectivity index (χ4n) is 2.66. The third kappa shape index (κ3) is 3.56. The third-order valence-corrected chi connectivity index (χ3v) is 3.61. The maximum Gasteiger partial charge on any atom is 0.414 e. The van der Waals surface area contributed by atoms with Gasteiger partial charge in [-0.25, -0.2) is 9.69 Å². The molecule has 0 bridgehead atoms. The second-order valence-corrected chi connectivity index (χ2v) is 5.00. The van der Waals surface area contributed by atoms with Gasteiger partial charge in [-0.2, -0.15) is 0 Å². The number of benzene rings is 1. The zero-order valence-electron chi connectivity index (χ0n) is 10.9. The molecule has 0 radical (unpaired) electrons. The van der Waals surface area contributed by atoms with Crippen LogP contribution in [0.5, 0.6) is 0 Å². The Morgan fingerprint density at radius 2 is 1.74 bits per heavy atom. The number of carbonyl (C=O) groups is 2. The minimum absolute atomic E-state index is 0.137. The van der Waals surface area contributed by atoms with Gasteiger partial charge in [0.25, 0.3) is 0 Å². The molecule has 2 amide bonds. The number of hydrogen-bond donors (Lipinski definition) is 1. The summed E-state index contributed by atoms with van der Waals surface area (Å²) in [6.45, 7) is 0. The highest BCUT2D eigenvalue weighted by molar-refractivity contribution is 5.92. The number of nitrogens with zero attached hydrogens (tertiary/aromatic N) is 1. The Morgan fingerprint density at radius 1 is 1.11 bits per heavy atom. The van der Waals surface area contributed by atoms with E-state index < -0.39 is 6.09 Å². The van der Waals surface area contributed by atoms with Crippen LogP contribution >= 0.6 is 0 Å². The van der Waals surface area contributed by atoms with Gasteiger partial charge in [-0.3, -0.25) is 4.79 Å². The molecule has 4 heteroatoms. The van der Waals surface area contributed by atoms with Gasteiger partial charge < -0.3 is 5.11 Å². The van der Waals surface area contributed by atoms with Gasteiger partial charge in [0.2, 0.25) is 5.91 Å². The number of hydrogen-bond acceptors (Lipinski definition) is 2. The molecule has 0 spiro atoms. The fourth-order valence-corrected chi connectivity index (χ4v) is 2.66. The van der Waals surface area contributed by atoms with Crippen molar-refractivity contribution >= 4 is 12.0 Å². The molecule has 0 unspecified atom stereocenters. The molecule has 0 atom stereocenters. The van der Waals surface area contributed by atoms with Crippen LogP contribution in [0.2, 0.25) is 0 Å². The highest BCUT2D eigenvalue weighted by atomic mass is 16.4. The SMILES string of the molecule is O=C(O)N(C(=O)Cc1ccccc1)C1CCCCC1. The zero-order chi connectivity index (χ0) is 13.7. The first kappa shape index (κ1) is 13.6. The summed E-state index contributed by atoms with van der Waals surface area (Å²) in [6.07, 6.45) is 3.79. The van der Waals surface area contributed by atoms with Crippen LogP contribution in [0.4, 0.5) is 4.79 Å². The van der Waals surface area contributed by atoms with Crippen molar-refractivity contribution in [3.05, 3.63) is 35.9 Å². The van der Waals surface area contributed by atoms with Crippen LogP contribution in [0.25, 0.3) is 0 Å². The lowest BCUT2D eigenvalue weighted by molar-refractivity contribution is -0.130. The molecular formula is C15H19NO3. The number of carbonyl (C=O) groups excluding carboxylic acids is 1. The predicted octanol–water partition coefficient (Wildman–Crippen LogP) is 3.07. The topological polar surface area (TPSA) is 57.6 Å². The van der Waals surface area contributed by atoms with E-state index in [1.165, 1.54) is 0 Å². The Hall–Kier alpha value is -1.84. The van der Waals surface area contributed by atoms with E-state index in [0.29, 0.717) is 0 Å². The standard InChI is InChI=1S/C15H19NO3/c17-14(11-12-7-3-1-4-8-12)16(15(18)19)13-9-5-2-6-10-13/h1,3-4,7-8,13H,2,5-6,9-11H2,(H,18,19). The average Bonchev–Trinajstić information content (AvgIpc) is 2.40. The number of imide groups is 1. The molecule has 0 saturated heterocycles. The zero-order valence-corrected chi connectivity index (χ0v) is 10.9. The molecule has 0 heterocycles. The van der Waals surface area contributed by atoms with Crippen molar-refractivity contribution in [3.63, 3.8) is 0 Å². The summed E-state index contributed by atoms with van der Waals surface area (Å²) in [5.41, 5.74) is 0.856. The summed E-state index contributed by atoms with van der Waals surface area (Å²) in [5, 5.41) is 9.28. The van der Waals surface area contributed by atoms with Crippen LogP contribution in [-0.2, 0) is 11.2 Å². The van der Waals surface area contributed by atoms with Crippen molar-refractivity contribution in [2.45, 2.75) is 44.6 Å². The molecule has 0 aliphatic heterocycles. The Labute approximate surface area is 113 Å². The fraction of sp³-hybridized carbons (Fsp3) is 0.467. The Morgan fingerprint density at radius 3 is 2.32 bits per heavy atom. The molecule has 1 N–H and O–H groups in total. The Balaban J connectivity index is 2.06. The van der Waals surface area contributed by atoms with E-state index in [4.69, 9.17) is 0 Å². The van der Waals surface area contributed by atoms with E-state index in [-0.39, 0.29) is 18.4 Å². The molecule has 4 nitrogen and oxygen atoms in total. The smallest absolute Gasteiger partial charge is 0.414 e. The van der Waals surface area contributed by atoms with Gasteiger partial charge in [0.05, 0.1) is 6.42 Å². The molecule has 1 aliphatic rings. The molecular weight excluding hydrogens is 242 g/mol. The first-order valence-corrected chi connectivity index (χ1v) is 6.77. The molecule has 0 aromatic heterocycles. The first-order valence-electron chi connectivity index (χ1n) is 6.77. The molecule has 19 heavy (non-hydrogen) atoms. The van der Waals surface area contributed by atoms with Gasteiger partial charge in [-0.15, -0.1) is 0 Å². The summed E-state index contributed by atoms with van der Waals surface area (Å²) in [4.78, 5) is 24.6. The summed E-state index contributed by atoms with van der Waals surface area (Å²) in [6, 6.07) is 9.15. The van der Waals surface area contributed by atoms with Crippen LogP contribution in [-0.4, -0.2) is 28.0 Å². The van der Waals surface area contributed by atoms with Gasteiger partial charge >= 0.3 is 6.09 Å². The second kappa shape index (κ2) is 6.36. The van der Waals surface area contributed by atoms with Gasteiger partial charge in [-0.05, 0) is 18.4 Å². The monoisotopic (exact) mass is 261 g/mol. The normalized spacial score (nSPS) is 16.0. The first-order chi connectivity index (χ1) is 9.18. The van der Waals surface area contributed by atoms with E-state index >= 15 is 0 Å². The second-order valence-electron chi connectivity index (χ2n) is 5.00. The van der Waals surface area contributed by atoms with E-state index in [9.17, 15) is 14.7 Å². The lowest BCUT2D eigenvalue weighted by Gasteiger charge is -2.30. The average molecular weight is 261 g/mol. The summed E-state index contributed by atoms with van der Waals surface area (Å²) < 4.78 is 0. The Kier molecular flexibility index (Phi) is 4.55. The Bertz CT molecular complexity index is 438. The maximum atomic E-state index is 12.2. The number of amides is 2. The van der Waals surface area contributed by atoms with Crippen molar-refractivity contribution in [1.29, 1.82) is 0 Å². The van der Waals surface area contributed by atoms with Crippen molar-refractivity contribution in [2.24, 2.45) is 0 Å². The molecule has 2 rings (SSSR count). The van der Waals surface area contributed by atoms with Crippen LogP contribution in [0.15, 0.2) is 30.3 Å². The molecule has 1 aliphatic carbocycles. The van der Waals surface area contributed by atoms with Crippen LogP contribution in [0.3, 0.4) is 0 Å². The van der Waals surface area contributed by atoms with Crippen molar-refractivity contribution in [1.82, 2.24) is 4.90 Å². The van der Waals surface area contributed by atoms with Gasteiger partial charge in [-0.1, -0.05) is 49.6 Å². The maximum absolute atomic E-state index is 12.2. The minimum Gasteiger partial charge on any atom is -0.465 e. The van der Waals surface area contributed by atoms with Gasteiger partial charge in [0.1, 0.15) is 0 Å². The van der Waals surface area contributed by atoms with E-state index in [1.54, 1.807) is 0 Å². The van der Waals surface area contributed by atoms with Crippen LogP contribution in [0, 0.1) is 0 Å². The third-order valence-electron chi connectivity index (χ3n) is 3.61. The van der Waals surface area contributed by atoms with E-state index in [0.717, 1.165) is 42.6 Å². The minimum atomic E-state index is -1.12. The van der Waals surface area contributed by atoms with E-state index in [2.05, 4.69) is 0 Å². The van der Waals surface area contributed by atoms with Crippen LogP contribution < -0.4 is 0 Å². The van der Waals surface area contributed by atoms with Crippen molar-refractivity contribution in [2.75, 3.05) is 0 Å². The molecule has 1 saturated carbocycles. The predicted molar refractivity (Wildman–Crippen MR) is 71.9 cm³/mol. The summed E-state index contributed by atoms with van der Waals surface area (Å²) >= 11 is 0. The van der Waals surface area contributed by atoms with Crippen molar-refractivity contribution in [3.8, 4) is 0 Å². The van der Waals surface area contributed by atoms with Crippen molar-refractivity contribution < 1.29 is 14.7 Å². The number of carboxylic acid groups (broad SMARTS) is 1. The highest BCUT2D eigenvalue weighted by Gasteiger charge is 2.30. The summed E-state index contributed by atoms with van der Waals surface area (Å²) in [5.74, 6) is -0.314. The quantitative estimate of drug-likeness (QED) is 0.909. The van der Waals surface area contributed by atoms with Gasteiger partial charge in [0, 0.05) is 6.04 Å². The molecule has 1 aromatic carbocycles. The molecule has 1 fully saturated rings. The molecule has 102 valence electrons. The number of rotatable bonds is 3. The van der Waals surface area contributed by atoms with Gasteiger partial charge in [0.15, 0.2) is 0 Å². The lowest BCUT2D eigenvalue weighted by Crippen LogP contribution is -2.45. The van der Waals surface area contributed by atoms with E-state index in [1.807, 2.05) is 30.3 Å². The largest absolute Gasteiger partial charge is 0.465 e. The summed E-state index contributed by atoms with van der Waals surface area (Å²) in [7, 11) is 0. The lowest BCUT2D eigenvalue weighted by atomic mass is 9.94. The van der Waals surface area contributed by atoms with Crippen LogP contribution in [0.1, 0.15) is 37.7 Å². The highest BCUT2D eigenvalue weighted by Crippen LogP contribution is 2.23.